The fourth-order valence-corrected chi connectivity index (χ4v) is 2.15. The maximum atomic E-state index is 6.12. The van der Waals surface area contributed by atoms with Crippen molar-refractivity contribution in [2.45, 2.75) is 6.61 Å². The molecule has 3 aromatic rings. The van der Waals surface area contributed by atoms with E-state index in [1.54, 1.807) is 6.20 Å². The summed E-state index contributed by atoms with van der Waals surface area (Å²) in [6, 6.07) is 15.1. The summed E-state index contributed by atoms with van der Waals surface area (Å²) < 4.78 is 5.77. The van der Waals surface area contributed by atoms with Gasteiger partial charge in [-0.1, -0.05) is 23.7 Å². The number of halogens is 1. The number of hydrogen-bond acceptors (Lipinski definition) is 3. The van der Waals surface area contributed by atoms with Gasteiger partial charge in [0, 0.05) is 16.6 Å². The molecule has 0 fully saturated rings. The predicted molar refractivity (Wildman–Crippen MR) is 81.9 cm³/mol. The minimum absolute atomic E-state index is 0.452. The number of nitrogens with zero attached hydrogens (tertiary/aromatic N) is 1. The summed E-state index contributed by atoms with van der Waals surface area (Å²) >= 11 is 5.85. The Morgan fingerprint density at radius 3 is 2.65 bits per heavy atom. The largest absolute Gasteiger partial charge is 0.487 e. The van der Waals surface area contributed by atoms with Gasteiger partial charge in [0.05, 0.1) is 11.2 Å². The smallest absolute Gasteiger partial charge is 0.143 e. The van der Waals surface area contributed by atoms with Crippen LogP contribution in [0.2, 0.25) is 5.02 Å². The Bertz CT molecular complexity index is 741. The van der Waals surface area contributed by atoms with Gasteiger partial charge in [-0.05, 0) is 42.0 Å². The summed E-state index contributed by atoms with van der Waals surface area (Å²) in [7, 11) is 0. The van der Waals surface area contributed by atoms with E-state index in [1.807, 2.05) is 48.5 Å². The maximum Gasteiger partial charge on any atom is 0.143 e. The molecule has 0 radical (unpaired) electrons. The van der Waals surface area contributed by atoms with Crippen LogP contribution in [0.3, 0.4) is 0 Å². The molecule has 2 aromatic carbocycles. The van der Waals surface area contributed by atoms with E-state index in [0.29, 0.717) is 23.1 Å². The number of ether oxygens (including phenoxy) is 1. The van der Waals surface area contributed by atoms with Gasteiger partial charge in [0.15, 0.2) is 0 Å². The fraction of sp³-hybridized carbons (Fsp3) is 0.0625. The van der Waals surface area contributed by atoms with Gasteiger partial charge >= 0.3 is 0 Å². The summed E-state index contributed by atoms with van der Waals surface area (Å²) in [4.78, 5) is 4.26. The quantitative estimate of drug-likeness (QED) is 0.738. The Hall–Kier alpha value is -2.26. The minimum Gasteiger partial charge on any atom is -0.487 e. The van der Waals surface area contributed by atoms with Crippen LogP contribution >= 0.6 is 11.6 Å². The van der Waals surface area contributed by atoms with Gasteiger partial charge in [-0.25, -0.2) is 0 Å². The standard InChI is InChI=1S/C16H13ClN2O/c17-12-5-3-11(4-6-12)10-20-15-8-7-14-13(16(15)18)2-1-9-19-14/h1-9H,10,18H2. The molecule has 0 amide bonds. The second kappa shape index (κ2) is 5.39. The average molecular weight is 285 g/mol. The molecule has 3 nitrogen and oxygen atoms in total. The number of rotatable bonds is 3. The fourth-order valence-electron chi connectivity index (χ4n) is 2.02. The Balaban J connectivity index is 1.84. The summed E-state index contributed by atoms with van der Waals surface area (Å²) in [6.07, 6.45) is 1.75. The number of benzene rings is 2. The van der Waals surface area contributed by atoms with E-state index in [-0.39, 0.29) is 0 Å². The van der Waals surface area contributed by atoms with Gasteiger partial charge < -0.3 is 10.5 Å². The Kier molecular flexibility index (Phi) is 3.44. The van der Waals surface area contributed by atoms with E-state index in [0.717, 1.165) is 16.5 Å². The number of anilines is 1. The first-order valence-corrected chi connectivity index (χ1v) is 6.62. The van der Waals surface area contributed by atoms with Crippen molar-refractivity contribution >= 4 is 28.2 Å². The molecule has 0 aliphatic heterocycles. The Labute approximate surface area is 122 Å². The molecule has 0 unspecified atom stereocenters. The van der Waals surface area contributed by atoms with Crippen LogP contribution in [-0.2, 0) is 6.61 Å². The average Bonchev–Trinajstić information content (AvgIpc) is 2.49. The van der Waals surface area contributed by atoms with E-state index < -0.39 is 0 Å². The van der Waals surface area contributed by atoms with Crippen molar-refractivity contribution in [2.75, 3.05) is 5.73 Å². The molecule has 0 aliphatic rings. The van der Waals surface area contributed by atoms with Crippen LogP contribution in [0.25, 0.3) is 10.9 Å². The molecular weight excluding hydrogens is 272 g/mol. The summed E-state index contributed by atoms with van der Waals surface area (Å²) in [5.41, 5.74) is 8.64. The van der Waals surface area contributed by atoms with E-state index >= 15 is 0 Å². The van der Waals surface area contributed by atoms with Crippen molar-refractivity contribution in [1.82, 2.24) is 4.98 Å². The molecule has 0 bridgehead atoms. The highest BCUT2D eigenvalue weighted by molar-refractivity contribution is 6.30. The molecule has 0 saturated carbocycles. The molecule has 0 saturated heterocycles. The van der Waals surface area contributed by atoms with Crippen LogP contribution in [-0.4, -0.2) is 4.98 Å². The molecule has 100 valence electrons. The second-order valence-corrected chi connectivity index (χ2v) is 4.90. The molecule has 0 aliphatic carbocycles. The molecular formula is C16H13ClN2O. The second-order valence-electron chi connectivity index (χ2n) is 4.46. The number of fused-ring (bicyclic) bond motifs is 1. The van der Waals surface area contributed by atoms with E-state index in [4.69, 9.17) is 22.1 Å². The normalized spacial score (nSPS) is 10.7. The van der Waals surface area contributed by atoms with Crippen LogP contribution in [0.1, 0.15) is 5.56 Å². The zero-order chi connectivity index (χ0) is 13.9. The van der Waals surface area contributed by atoms with Gasteiger partial charge in [-0.15, -0.1) is 0 Å². The molecule has 1 aromatic heterocycles. The maximum absolute atomic E-state index is 6.12. The lowest BCUT2D eigenvalue weighted by Gasteiger charge is -2.11. The molecule has 4 heteroatoms. The molecule has 0 atom stereocenters. The summed E-state index contributed by atoms with van der Waals surface area (Å²) in [5.74, 6) is 0.667. The predicted octanol–water partition coefficient (Wildman–Crippen LogP) is 4.05. The van der Waals surface area contributed by atoms with Gasteiger partial charge in [-0.2, -0.15) is 0 Å². The lowest BCUT2D eigenvalue weighted by atomic mass is 10.1. The minimum atomic E-state index is 0.452. The van der Waals surface area contributed by atoms with Crippen molar-refractivity contribution < 1.29 is 4.74 Å². The number of nitrogen functional groups attached to an aromatic ring is 1. The first-order valence-electron chi connectivity index (χ1n) is 6.24. The monoisotopic (exact) mass is 284 g/mol. The lowest BCUT2D eigenvalue weighted by Crippen LogP contribution is -1.99. The third-order valence-electron chi connectivity index (χ3n) is 3.09. The molecule has 1 heterocycles. The molecule has 0 spiro atoms. The number of nitrogens with two attached hydrogens (primary N) is 1. The molecule has 3 rings (SSSR count). The van der Waals surface area contributed by atoms with Crippen LogP contribution < -0.4 is 10.5 Å². The van der Waals surface area contributed by atoms with Gasteiger partial charge in [0.2, 0.25) is 0 Å². The van der Waals surface area contributed by atoms with E-state index in [1.165, 1.54) is 0 Å². The Morgan fingerprint density at radius 2 is 1.85 bits per heavy atom. The highest BCUT2D eigenvalue weighted by atomic mass is 35.5. The van der Waals surface area contributed by atoms with Crippen LogP contribution in [0, 0.1) is 0 Å². The van der Waals surface area contributed by atoms with Crippen molar-refractivity contribution in [1.29, 1.82) is 0 Å². The van der Waals surface area contributed by atoms with Crippen molar-refractivity contribution in [3.05, 3.63) is 65.3 Å². The highest BCUT2D eigenvalue weighted by Crippen LogP contribution is 2.29. The third-order valence-corrected chi connectivity index (χ3v) is 3.35. The zero-order valence-corrected chi connectivity index (χ0v) is 11.5. The van der Waals surface area contributed by atoms with Gasteiger partial charge in [0.25, 0.3) is 0 Å². The zero-order valence-electron chi connectivity index (χ0n) is 10.7. The van der Waals surface area contributed by atoms with Crippen LogP contribution in [0.5, 0.6) is 5.75 Å². The highest BCUT2D eigenvalue weighted by Gasteiger charge is 2.06. The number of hydrogen-bond donors (Lipinski definition) is 1. The summed E-state index contributed by atoms with van der Waals surface area (Å²) in [5, 5.41) is 1.62. The first kappa shape index (κ1) is 12.8. The van der Waals surface area contributed by atoms with Crippen molar-refractivity contribution in [2.24, 2.45) is 0 Å². The Morgan fingerprint density at radius 1 is 1.05 bits per heavy atom. The van der Waals surface area contributed by atoms with Crippen LogP contribution in [0.4, 0.5) is 5.69 Å². The first-order chi connectivity index (χ1) is 9.74. The van der Waals surface area contributed by atoms with Crippen molar-refractivity contribution in [3.8, 4) is 5.75 Å². The van der Waals surface area contributed by atoms with Gasteiger partial charge in [0.1, 0.15) is 12.4 Å². The van der Waals surface area contributed by atoms with E-state index in [2.05, 4.69) is 4.98 Å². The van der Waals surface area contributed by atoms with Crippen LogP contribution in [0.15, 0.2) is 54.7 Å². The van der Waals surface area contributed by atoms with Crippen molar-refractivity contribution in [3.63, 3.8) is 0 Å². The van der Waals surface area contributed by atoms with E-state index in [9.17, 15) is 0 Å². The number of aromatic nitrogens is 1. The third kappa shape index (κ3) is 2.53. The molecule has 2 N–H and O–H groups in total. The SMILES string of the molecule is Nc1c(OCc2ccc(Cl)cc2)ccc2ncccc12. The lowest BCUT2D eigenvalue weighted by molar-refractivity contribution is 0.308. The van der Waals surface area contributed by atoms with Gasteiger partial charge in [-0.3, -0.25) is 4.98 Å². The summed E-state index contributed by atoms with van der Waals surface area (Å²) in [6.45, 7) is 0.452. The molecule has 20 heavy (non-hydrogen) atoms. The topological polar surface area (TPSA) is 48.1 Å². The number of pyridine rings is 1.